The maximum absolute atomic E-state index is 3.34. The van der Waals surface area contributed by atoms with Crippen LogP contribution in [0.1, 0.15) is 111 Å². The number of nitrogens with one attached hydrogen (secondary N) is 1. The molecule has 1 heteroatoms. The summed E-state index contributed by atoms with van der Waals surface area (Å²) < 4.78 is 0. The quantitative estimate of drug-likeness (QED) is 0.442. The van der Waals surface area contributed by atoms with E-state index in [9.17, 15) is 0 Å². The molecular weight excluding hydrogens is 254 g/mol. The molecule has 0 aromatic rings. The molecule has 1 aliphatic heterocycles. The molecule has 0 radical (unpaired) electrons. The van der Waals surface area contributed by atoms with E-state index >= 15 is 0 Å². The normalized spacial score (nSPS) is 17.1. The second-order valence-electron chi connectivity index (χ2n) is 7.60. The molecule has 0 atom stereocenters. The Morgan fingerprint density at radius 3 is 1.19 bits per heavy atom. The van der Waals surface area contributed by atoms with Gasteiger partial charge in [0.1, 0.15) is 0 Å². The van der Waals surface area contributed by atoms with E-state index in [4.69, 9.17) is 0 Å². The molecule has 1 nitrogen and oxygen atoms in total. The molecule has 1 aliphatic rings. The van der Waals surface area contributed by atoms with E-state index in [1.165, 1.54) is 96.6 Å². The van der Waals surface area contributed by atoms with Crippen molar-refractivity contribution < 1.29 is 0 Å². The van der Waals surface area contributed by atoms with E-state index in [0.717, 1.165) is 0 Å². The molecule has 0 saturated carbocycles. The van der Waals surface area contributed by atoms with Crippen molar-refractivity contribution >= 4 is 0 Å². The largest absolute Gasteiger partial charge is 0.317 e. The first-order valence-corrected chi connectivity index (χ1v) is 9.83. The zero-order valence-corrected chi connectivity index (χ0v) is 15.6. The van der Waals surface area contributed by atoms with Gasteiger partial charge in [0.2, 0.25) is 0 Å². The summed E-state index contributed by atoms with van der Waals surface area (Å²) in [6.07, 6.45) is 18.6. The first-order chi connectivity index (χ1) is 10.1. The third-order valence-electron chi connectivity index (χ3n) is 4.66. The molecule has 0 bridgehead atoms. The van der Waals surface area contributed by atoms with E-state index in [0.29, 0.717) is 5.41 Å². The van der Waals surface area contributed by atoms with Crippen molar-refractivity contribution in [3.63, 3.8) is 0 Å². The Hall–Kier alpha value is -0.0400. The van der Waals surface area contributed by atoms with Gasteiger partial charge >= 0.3 is 0 Å². The lowest BCUT2D eigenvalue weighted by Crippen LogP contribution is -2.32. The summed E-state index contributed by atoms with van der Waals surface area (Å²) in [6, 6.07) is 0. The monoisotopic (exact) mass is 297 g/mol. The lowest BCUT2D eigenvalue weighted by atomic mass is 9.83. The third-order valence-corrected chi connectivity index (χ3v) is 4.66. The number of piperidine rings is 1. The predicted molar refractivity (Wildman–Crippen MR) is 98.0 cm³/mol. The highest BCUT2D eigenvalue weighted by molar-refractivity contribution is 4.75. The summed E-state index contributed by atoms with van der Waals surface area (Å²) in [6.45, 7) is 11.7. The van der Waals surface area contributed by atoms with E-state index < -0.39 is 0 Å². The number of unbranched alkanes of at least 4 members (excludes halogenated alkanes) is 10. The van der Waals surface area contributed by atoms with Crippen LogP contribution in [0, 0.1) is 5.41 Å². The number of hydrogen-bond acceptors (Lipinski definition) is 1. The van der Waals surface area contributed by atoms with Gasteiger partial charge in [0.15, 0.2) is 0 Å². The van der Waals surface area contributed by atoms with Crippen molar-refractivity contribution in [1.29, 1.82) is 0 Å². The van der Waals surface area contributed by atoms with Gasteiger partial charge in [-0.2, -0.15) is 0 Å². The first-order valence-electron chi connectivity index (χ1n) is 9.83. The Balaban J connectivity index is 0.000000423. The van der Waals surface area contributed by atoms with Crippen LogP contribution in [0.2, 0.25) is 0 Å². The summed E-state index contributed by atoms with van der Waals surface area (Å²) >= 11 is 0. The van der Waals surface area contributed by atoms with Crippen LogP contribution < -0.4 is 5.32 Å². The molecular formula is C20H43N. The summed E-state index contributed by atoms with van der Waals surface area (Å²) in [7, 11) is 0. The molecule has 0 amide bonds. The third kappa shape index (κ3) is 16.2. The van der Waals surface area contributed by atoms with Gasteiger partial charge in [0.05, 0.1) is 0 Å². The lowest BCUT2D eigenvalue weighted by molar-refractivity contribution is 0.259. The van der Waals surface area contributed by atoms with Crippen LogP contribution in [0.25, 0.3) is 0 Å². The minimum absolute atomic E-state index is 0.616. The van der Waals surface area contributed by atoms with Crippen molar-refractivity contribution in [3.05, 3.63) is 0 Å². The number of rotatable bonds is 10. The van der Waals surface area contributed by atoms with Crippen LogP contribution in [0.3, 0.4) is 0 Å². The van der Waals surface area contributed by atoms with Crippen LogP contribution in [0.4, 0.5) is 0 Å². The van der Waals surface area contributed by atoms with E-state index in [1.54, 1.807) is 0 Å². The second-order valence-corrected chi connectivity index (χ2v) is 7.60. The molecule has 21 heavy (non-hydrogen) atoms. The summed E-state index contributed by atoms with van der Waals surface area (Å²) in [5.41, 5.74) is 0.616. The summed E-state index contributed by atoms with van der Waals surface area (Å²) in [5, 5.41) is 3.34. The molecule has 1 N–H and O–H groups in total. The highest BCUT2D eigenvalue weighted by atomic mass is 14.9. The van der Waals surface area contributed by atoms with Crippen molar-refractivity contribution in [3.8, 4) is 0 Å². The van der Waals surface area contributed by atoms with Crippen LogP contribution in [0.15, 0.2) is 0 Å². The fraction of sp³-hybridized carbons (Fsp3) is 1.00. The minimum atomic E-state index is 0.616. The van der Waals surface area contributed by atoms with Crippen LogP contribution >= 0.6 is 0 Å². The molecule has 0 aliphatic carbocycles. The molecule has 128 valence electrons. The lowest BCUT2D eigenvalue weighted by Gasteiger charge is -2.29. The molecule has 1 rings (SSSR count). The molecule has 0 aromatic heterocycles. The fourth-order valence-electron chi connectivity index (χ4n) is 2.84. The van der Waals surface area contributed by atoms with Crippen molar-refractivity contribution in [1.82, 2.24) is 5.32 Å². The molecule has 0 aromatic carbocycles. The average Bonchev–Trinajstić information content (AvgIpc) is 2.46. The van der Waals surface area contributed by atoms with Crippen molar-refractivity contribution in [2.24, 2.45) is 5.41 Å². The van der Waals surface area contributed by atoms with Gasteiger partial charge in [0.25, 0.3) is 0 Å². The van der Waals surface area contributed by atoms with Crippen molar-refractivity contribution in [2.45, 2.75) is 111 Å². The maximum Gasteiger partial charge on any atom is -0.00438 e. The average molecular weight is 298 g/mol. The molecule has 1 fully saturated rings. The minimum Gasteiger partial charge on any atom is -0.317 e. The van der Waals surface area contributed by atoms with Gasteiger partial charge in [0, 0.05) is 0 Å². The molecule has 0 unspecified atom stereocenters. The van der Waals surface area contributed by atoms with E-state index in [2.05, 4.69) is 33.0 Å². The molecule has 0 spiro atoms. The standard InChI is InChI=1S/C13H28.C7H15N/c1-3-5-7-9-11-13-12-10-8-6-4-2;1-7(2)3-5-8-6-4-7/h3-13H2,1-2H3;8H,3-6H2,1-2H3. The zero-order valence-electron chi connectivity index (χ0n) is 15.6. The van der Waals surface area contributed by atoms with Crippen molar-refractivity contribution in [2.75, 3.05) is 13.1 Å². The Morgan fingerprint density at radius 2 is 0.952 bits per heavy atom. The predicted octanol–water partition coefficient (Wildman–Crippen LogP) is 6.71. The first kappa shape index (κ1) is 21.0. The Bertz CT molecular complexity index is 180. The van der Waals surface area contributed by atoms with Gasteiger partial charge in [-0.25, -0.2) is 0 Å². The van der Waals surface area contributed by atoms with E-state index in [-0.39, 0.29) is 0 Å². The van der Waals surface area contributed by atoms with Crippen LogP contribution in [-0.4, -0.2) is 13.1 Å². The fourth-order valence-corrected chi connectivity index (χ4v) is 2.84. The maximum atomic E-state index is 3.34. The number of hydrogen-bond donors (Lipinski definition) is 1. The van der Waals surface area contributed by atoms with Gasteiger partial charge in [-0.15, -0.1) is 0 Å². The van der Waals surface area contributed by atoms with Gasteiger partial charge in [-0.1, -0.05) is 98.3 Å². The molecule has 1 saturated heterocycles. The smallest absolute Gasteiger partial charge is 0.00438 e. The molecule has 1 heterocycles. The highest BCUT2D eigenvalue weighted by Gasteiger charge is 2.19. The highest BCUT2D eigenvalue weighted by Crippen LogP contribution is 2.25. The van der Waals surface area contributed by atoms with Gasteiger partial charge in [-0.05, 0) is 31.3 Å². The van der Waals surface area contributed by atoms with E-state index in [1.807, 2.05) is 0 Å². The van der Waals surface area contributed by atoms with Crippen LogP contribution in [-0.2, 0) is 0 Å². The Labute approximate surface area is 135 Å². The van der Waals surface area contributed by atoms with Gasteiger partial charge in [-0.3, -0.25) is 0 Å². The second kappa shape index (κ2) is 14.9. The zero-order chi connectivity index (χ0) is 15.8. The summed E-state index contributed by atoms with van der Waals surface area (Å²) in [5.74, 6) is 0. The Kier molecular flexibility index (Phi) is 14.9. The summed E-state index contributed by atoms with van der Waals surface area (Å²) in [4.78, 5) is 0. The SMILES string of the molecule is CC1(C)CCNCC1.CCCCCCCCCCCCC. The van der Waals surface area contributed by atoms with Crippen LogP contribution in [0.5, 0.6) is 0 Å². The van der Waals surface area contributed by atoms with Gasteiger partial charge < -0.3 is 5.32 Å². The topological polar surface area (TPSA) is 12.0 Å². The Morgan fingerprint density at radius 1 is 0.619 bits per heavy atom.